The van der Waals surface area contributed by atoms with Crippen LogP contribution in [0, 0.1) is 5.41 Å². The molecule has 1 aromatic rings. The minimum Gasteiger partial charge on any atom is -0.493 e. The van der Waals surface area contributed by atoms with Crippen molar-refractivity contribution in [1.82, 2.24) is 4.90 Å². The summed E-state index contributed by atoms with van der Waals surface area (Å²) in [6.07, 6.45) is 0.490. The van der Waals surface area contributed by atoms with Gasteiger partial charge in [-0.15, -0.1) is 23.2 Å². The largest absolute Gasteiger partial charge is 0.493 e. The molecule has 6 heteroatoms. The fourth-order valence-electron chi connectivity index (χ4n) is 2.51. The Morgan fingerprint density at radius 1 is 1.27 bits per heavy atom. The first-order chi connectivity index (χ1) is 10.3. The number of nitrogens with zero attached hydrogens (tertiary/aromatic N) is 1. The number of hydrogen-bond acceptors (Lipinski definition) is 3. The number of amides is 1. The number of rotatable bonds is 6. The summed E-state index contributed by atoms with van der Waals surface area (Å²) in [7, 11) is 3.18. The number of carbonyl (C=O) groups is 1. The van der Waals surface area contributed by atoms with Crippen LogP contribution in [0.25, 0.3) is 0 Å². The van der Waals surface area contributed by atoms with Gasteiger partial charge in [0.25, 0.3) is 0 Å². The van der Waals surface area contributed by atoms with Crippen molar-refractivity contribution < 1.29 is 14.3 Å². The van der Waals surface area contributed by atoms with Crippen LogP contribution in [0.5, 0.6) is 11.5 Å². The standard InChI is InChI=1S/C16H21Cl2NO3/c1-5-19(14(20)15(2)10-16(15,17)18)9-11-6-7-12(21-3)13(8-11)22-4/h6-8H,5,9-10H2,1-4H3. The molecule has 4 nitrogen and oxygen atoms in total. The van der Waals surface area contributed by atoms with Gasteiger partial charge in [-0.05, 0) is 38.0 Å². The lowest BCUT2D eigenvalue weighted by Crippen LogP contribution is -2.37. The fourth-order valence-corrected chi connectivity index (χ4v) is 3.20. The number of carbonyl (C=O) groups excluding carboxylic acids is 1. The average Bonchev–Trinajstić information content (AvgIpc) is 3.03. The quantitative estimate of drug-likeness (QED) is 0.739. The molecule has 0 aromatic heterocycles. The van der Waals surface area contributed by atoms with Gasteiger partial charge in [-0.2, -0.15) is 0 Å². The van der Waals surface area contributed by atoms with Crippen molar-refractivity contribution in [3.05, 3.63) is 23.8 Å². The van der Waals surface area contributed by atoms with Crippen molar-refractivity contribution in [3.8, 4) is 11.5 Å². The maximum atomic E-state index is 12.7. The summed E-state index contributed by atoms with van der Waals surface area (Å²) >= 11 is 12.2. The highest BCUT2D eigenvalue weighted by Crippen LogP contribution is 2.64. The van der Waals surface area contributed by atoms with Crippen molar-refractivity contribution in [2.75, 3.05) is 20.8 Å². The first-order valence-corrected chi connectivity index (χ1v) is 7.92. The number of methoxy groups -OCH3 is 2. The Labute approximate surface area is 141 Å². The van der Waals surface area contributed by atoms with Crippen LogP contribution in [0.15, 0.2) is 18.2 Å². The lowest BCUT2D eigenvalue weighted by molar-refractivity contribution is -0.136. The SMILES string of the molecule is CCN(Cc1ccc(OC)c(OC)c1)C(=O)C1(C)CC1(Cl)Cl. The summed E-state index contributed by atoms with van der Waals surface area (Å²) in [5, 5.41) is 0. The number of hydrogen-bond donors (Lipinski definition) is 0. The predicted molar refractivity (Wildman–Crippen MR) is 87.8 cm³/mol. The molecule has 0 radical (unpaired) electrons. The van der Waals surface area contributed by atoms with E-state index in [9.17, 15) is 4.79 Å². The molecular weight excluding hydrogens is 325 g/mol. The van der Waals surface area contributed by atoms with Gasteiger partial charge in [-0.1, -0.05) is 6.07 Å². The summed E-state index contributed by atoms with van der Waals surface area (Å²) in [6, 6.07) is 5.62. The van der Waals surface area contributed by atoms with E-state index >= 15 is 0 Å². The van der Waals surface area contributed by atoms with Gasteiger partial charge in [0.1, 0.15) is 4.33 Å². The Hall–Kier alpha value is -1.13. The molecular formula is C16H21Cl2NO3. The third-order valence-electron chi connectivity index (χ3n) is 4.22. The van der Waals surface area contributed by atoms with Crippen LogP contribution in [0.3, 0.4) is 0 Å². The van der Waals surface area contributed by atoms with Gasteiger partial charge in [-0.25, -0.2) is 0 Å². The summed E-state index contributed by atoms with van der Waals surface area (Å²) < 4.78 is 9.57. The van der Waals surface area contributed by atoms with E-state index in [0.29, 0.717) is 31.0 Å². The minimum atomic E-state index is -0.949. The molecule has 0 heterocycles. The monoisotopic (exact) mass is 345 g/mol. The second-order valence-corrected chi connectivity index (χ2v) is 7.21. The van der Waals surface area contributed by atoms with E-state index in [0.717, 1.165) is 5.56 Å². The van der Waals surface area contributed by atoms with Gasteiger partial charge in [0, 0.05) is 13.1 Å². The van der Waals surface area contributed by atoms with Gasteiger partial charge < -0.3 is 14.4 Å². The maximum absolute atomic E-state index is 12.7. The van der Waals surface area contributed by atoms with Crippen molar-refractivity contribution in [1.29, 1.82) is 0 Å². The highest BCUT2D eigenvalue weighted by molar-refractivity contribution is 6.53. The van der Waals surface area contributed by atoms with Crippen LogP contribution in [-0.4, -0.2) is 35.9 Å². The molecule has 0 aliphatic heterocycles. The van der Waals surface area contributed by atoms with Crippen molar-refractivity contribution in [2.24, 2.45) is 5.41 Å². The highest BCUT2D eigenvalue weighted by atomic mass is 35.5. The molecule has 0 bridgehead atoms. The van der Waals surface area contributed by atoms with Gasteiger partial charge in [-0.3, -0.25) is 4.79 Å². The van der Waals surface area contributed by atoms with Crippen LogP contribution in [0.2, 0.25) is 0 Å². The van der Waals surface area contributed by atoms with E-state index in [-0.39, 0.29) is 5.91 Å². The van der Waals surface area contributed by atoms with E-state index in [1.165, 1.54) is 0 Å². The predicted octanol–water partition coefficient (Wildman–Crippen LogP) is 3.64. The Bertz CT molecular complexity index is 577. The molecule has 1 aromatic carbocycles. The molecule has 0 spiro atoms. The molecule has 1 atom stereocenters. The number of alkyl halides is 2. The van der Waals surface area contributed by atoms with Crippen LogP contribution < -0.4 is 9.47 Å². The molecule has 122 valence electrons. The number of benzene rings is 1. The minimum absolute atomic E-state index is 0.0187. The first kappa shape index (κ1) is 17.2. The van der Waals surface area contributed by atoms with Gasteiger partial charge in [0.05, 0.1) is 19.6 Å². The smallest absolute Gasteiger partial charge is 0.231 e. The maximum Gasteiger partial charge on any atom is 0.231 e. The van der Waals surface area contributed by atoms with Crippen LogP contribution in [-0.2, 0) is 11.3 Å². The Morgan fingerprint density at radius 3 is 2.32 bits per heavy atom. The molecule has 2 rings (SSSR count). The Morgan fingerprint density at radius 2 is 1.86 bits per heavy atom. The molecule has 1 aliphatic rings. The van der Waals surface area contributed by atoms with E-state index in [1.54, 1.807) is 19.1 Å². The van der Waals surface area contributed by atoms with E-state index < -0.39 is 9.75 Å². The zero-order chi connectivity index (χ0) is 16.5. The van der Waals surface area contributed by atoms with Crippen LogP contribution >= 0.6 is 23.2 Å². The number of halogens is 2. The third-order valence-corrected chi connectivity index (χ3v) is 5.32. The first-order valence-electron chi connectivity index (χ1n) is 7.17. The molecule has 0 saturated heterocycles. The van der Waals surface area contributed by atoms with E-state index in [2.05, 4.69) is 0 Å². The Balaban J connectivity index is 2.16. The second kappa shape index (κ2) is 6.17. The van der Waals surface area contributed by atoms with Crippen molar-refractivity contribution in [2.45, 2.75) is 31.1 Å². The summed E-state index contributed by atoms with van der Waals surface area (Å²) in [6.45, 7) is 4.82. The molecule has 1 aliphatic carbocycles. The normalized spacial score (nSPS) is 22.1. The molecule has 22 heavy (non-hydrogen) atoms. The van der Waals surface area contributed by atoms with Crippen molar-refractivity contribution in [3.63, 3.8) is 0 Å². The van der Waals surface area contributed by atoms with E-state index in [4.69, 9.17) is 32.7 Å². The molecule has 1 amide bonds. The summed E-state index contributed by atoms with van der Waals surface area (Å²) in [5.41, 5.74) is 0.273. The highest BCUT2D eigenvalue weighted by Gasteiger charge is 2.68. The molecule has 1 unspecified atom stereocenters. The zero-order valence-corrected chi connectivity index (χ0v) is 14.8. The third kappa shape index (κ3) is 2.99. The molecule has 1 saturated carbocycles. The van der Waals surface area contributed by atoms with E-state index in [1.807, 2.05) is 32.0 Å². The van der Waals surface area contributed by atoms with Crippen molar-refractivity contribution >= 4 is 29.1 Å². The lowest BCUT2D eigenvalue weighted by Gasteiger charge is -2.25. The average molecular weight is 346 g/mol. The second-order valence-electron chi connectivity index (χ2n) is 5.72. The summed E-state index contributed by atoms with van der Waals surface area (Å²) in [5.74, 6) is 1.29. The topological polar surface area (TPSA) is 38.8 Å². The molecule has 1 fully saturated rings. The summed E-state index contributed by atoms with van der Waals surface area (Å²) in [4.78, 5) is 14.4. The fraction of sp³-hybridized carbons (Fsp3) is 0.562. The Kier molecular flexibility index (Phi) is 4.83. The zero-order valence-electron chi connectivity index (χ0n) is 13.3. The van der Waals surface area contributed by atoms with Gasteiger partial charge in [0.15, 0.2) is 11.5 Å². The van der Waals surface area contributed by atoms with Gasteiger partial charge in [0.2, 0.25) is 5.91 Å². The number of ether oxygens (including phenoxy) is 2. The van der Waals surface area contributed by atoms with Gasteiger partial charge >= 0.3 is 0 Å². The van der Waals surface area contributed by atoms with Crippen LogP contribution in [0.1, 0.15) is 25.8 Å². The van der Waals surface area contributed by atoms with Crippen LogP contribution in [0.4, 0.5) is 0 Å². The molecule has 0 N–H and O–H groups in total. The lowest BCUT2D eigenvalue weighted by atomic mass is 10.1.